The number of likely N-dealkylation sites (tertiary alicyclic amines) is 1. The summed E-state index contributed by atoms with van der Waals surface area (Å²) in [5, 5.41) is 3.45. The second kappa shape index (κ2) is 8.99. The van der Waals surface area contributed by atoms with Crippen molar-refractivity contribution in [1.29, 1.82) is 0 Å². The predicted octanol–water partition coefficient (Wildman–Crippen LogP) is 3.19. The van der Waals surface area contributed by atoms with Crippen molar-refractivity contribution in [2.45, 2.75) is 25.5 Å². The van der Waals surface area contributed by atoms with Gasteiger partial charge in [0.05, 0.1) is 11.8 Å². The summed E-state index contributed by atoms with van der Waals surface area (Å²) in [5.41, 5.74) is 1.70. The Labute approximate surface area is 178 Å². The monoisotopic (exact) mass is 422 g/mol. The lowest BCUT2D eigenvalue weighted by atomic mass is 10.1. The van der Waals surface area contributed by atoms with E-state index in [1.165, 1.54) is 18.2 Å². The van der Waals surface area contributed by atoms with Gasteiger partial charge in [0.15, 0.2) is 0 Å². The van der Waals surface area contributed by atoms with Crippen LogP contribution in [0.2, 0.25) is 0 Å². The number of amides is 2. The molecular formula is C23H23FN4O3. The fourth-order valence-corrected chi connectivity index (χ4v) is 3.68. The SMILES string of the molecule is C=CC(=O)N1CCC(Oc2cnc3[nH]cc(C(=O)NCc4cccc(F)c4)c3c2)CC1. The summed E-state index contributed by atoms with van der Waals surface area (Å²) in [4.78, 5) is 33.5. The van der Waals surface area contributed by atoms with Crippen LogP contribution >= 0.6 is 0 Å². The number of piperidine rings is 1. The van der Waals surface area contributed by atoms with E-state index in [-0.39, 0.29) is 30.3 Å². The summed E-state index contributed by atoms with van der Waals surface area (Å²) in [6.07, 6.45) is 5.94. The van der Waals surface area contributed by atoms with Crippen molar-refractivity contribution in [3.63, 3.8) is 0 Å². The Bertz CT molecular complexity index is 1120. The molecule has 31 heavy (non-hydrogen) atoms. The van der Waals surface area contributed by atoms with Crippen molar-refractivity contribution in [3.8, 4) is 5.75 Å². The van der Waals surface area contributed by atoms with Gasteiger partial charge >= 0.3 is 0 Å². The minimum atomic E-state index is -0.343. The quantitative estimate of drug-likeness (QED) is 0.598. The molecular weight excluding hydrogens is 399 g/mol. The number of carbonyl (C=O) groups excluding carboxylic acids is 2. The number of halogens is 1. The average Bonchev–Trinajstić information content (AvgIpc) is 3.21. The first kappa shape index (κ1) is 20.6. The lowest BCUT2D eigenvalue weighted by molar-refractivity contribution is -0.127. The highest BCUT2D eigenvalue weighted by Gasteiger charge is 2.23. The summed E-state index contributed by atoms with van der Waals surface area (Å²) in [6, 6.07) is 7.89. The van der Waals surface area contributed by atoms with Crippen molar-refractivity contribution in [1.82, 2.24) is 20.2 Å². The van der Waals surface area contributed by atoms with E-state index in [1.54, 1.807) is 35.5 Å². The number of hydrogen-bond acceptors (Lipinski definition) is 4. The van der Waals surface area contributed by atoms with Gasteiger partial charge in [-0.2, -0.15) is 0 Å². The summed E-state index contributed by atoms with van der Waals surface area (Å²) < 4.78 is 19.4. The van der Waals surface area contributed by atoms with Crippen molar-refractivity contribution < 1.29 is 18.7 Å². The summed E-state index contributed by atoms with van der Waals surface area (Å²) >= 11 is 0. The Morgan fingerprint density at radius 2 is 2.13 bits per heavy atom. The van der Waals surface area contributed by atoms with E-state index < -0.39 is 0 Å². The zero-order chi connectivity index (χ0) is 21.8. The molecule has 0 unspecified atom stereocenters. The average molecular weight is 422 g/mol. The number of pyridine rings is 1. The highest BCUT2D eigenvalue weighted by molar-refractivity contribution is 6.06. The van der Waals surface area contributed by atoms with Crippen molar-refractivity contribution in [2.24, 2.45) is 0 Å². The number of ether oxygens (including phenoxy) is 1. The first-order valence-corrected chi connectivity index (χ1v) is 10.1. The molecule has 1 aromatic carbocycles. The number of rotatable bonds is 6. The van der Waals surface area contributed by atoms with Crippen LogP contribution in [0, 0.1) is 5.82 Å². The Hall–Kier alpha value is -3.68. The fourth-order valence-electron chi connectivity index (χ4n) is 3.68. The van der Waals surface area contributed by atoms with Gasteiger partial charge in [0.2, 0.25) is 5.91 Å². The molecule has 2 N–H and O–H groups in total. The van der Waals surface area contributed by atoms with Crippen LogP contribution < -0.4 is 10.1 Å². The molecule has 0 spiro atoms. The highest BCUT2D eigenvalue weighted by atomic mass is 19.1. The zero-order valence-electron chi connectivity index (χ0n) is 16.9. The lowest BCUT2D eigenvalue weighted by Gasteiger charge is -2.31. The summed E-state index contributed by atoms with van der Waals surface area (Å²) in [6.45, 7) is 4.97. The first-order valence-electron chi connectivity index (χ1n) is 10.1. The van der Waals surface area contributed by atoms with Gasteiger partial charge in [-0.15, -0.1) is 0 Å². The molecule has 160 valence electrons. The molecule has 1 aliphatic rings. The molecule has 1 fully saturated rings. The van der Waals surface area contributed by atoms with Gasteiger partial charge in [-0.3, -0.25) is 9.59 Å². The number of hydrogen-bond donors (Lipinski definition) is 2. The van der Waals surface area contributed by atoms with Crippen LogP contribution in [0.25, 0.3) is 11.0 Å². The number of nitrogens with zero attached hydrogens (tertiary/aromatic N) is 2. The van der Waals surface area contributed by atoms with Crippen LogP contribution in [0.3, 0.4) is 0 Å². The topological polar surface area (TPSA) is 87.3 Å². The minimum Gasteiger partial charge on any atom is -0.489 e. The van der Waals surface area contributed by atoms with Gasteiger partial charge in [-0.1, -0.05) is 18.7 Å². The molecule has 4 rings (SSSR count). The predicted molar refractivity (Wildman–Crippen MR) is 114 cm³/mol. The molecule has 1 aliphatic heterocycles. The van der Waals surface area contributed by atoms with Crippen molar-refractivity contribution >= 4 is 22.8 Å². The van der Waals surface area contributed by atoms with E-state index in [2.05, 4.69) is 21.9 Å². The Kier molecular flexibility index (Phi) is 5.97. The van der Waals surface area contributed by atoms with E-state index in [4.69, 9.17) is 4.74 Å². The third kappa shape index (κ3) is 4.74. The standard InChI is InChI=1S/C23H23FN4O3/c1-2-21(29)28-8-6-17(7-9-28)31-18-11-19-20(14-26-22(19)25-13-18)23(30)27-12-15-4-3-5-16(24)10-15/h2-5,10-11,13-14,17H,1,6-9,12H2,(H,25,26)(H,27,30). The first-order chi connectivity index (χ1) is 15.0. The molecule has 0 saturated carbocycles. The molecule has 0 atom stereocenters. The van der Waals surface area contributed by atoms with Gasteiger partial charge in [0, 0.05) is 44.1 Å². The third-order valence-corrected chi connectivity index (χ3v) is 5.32. The summed E-state index contributed by atoms with van der Waals surface area (Å²) in [7, 11) is 0. The number of nitrogens with one attached hydrogen (secondary N) is 2. The van der Waals surface area contributed by atoms with Gasteiger partial charge in [-0.05, 0) is 29.8 Å². The number of fused-ring (bicyclic) bond motifs is 1. The van der Waals surface area contributed by atoms with Gasteiger partial charge < -0.3 is 19.9 Å². The summed E-state index contributed by atoms with van der Waals surface area (Å²) in [5.74, 6) is -0.127. The van der Waals surface area contributed by atoms with Gasteiger partial charge in [-0.25, -0.2) is 9.37 Å². The molecule has 7 nitrogen and oxygen atoms in total. The van der Waals surface area contributed by atoms with Crippen LogP contribution in [0.1, 0.15) is 28.8 Å². The number of aromatic amines is 1. The van der Waals surface area contributed by atoms with Gasteiger partial charge in [0.25, 0.3) is 5.91 Å². The molecule has 8 heteroatoms. The smallest absolute Gasteiger partial charge is 0.253 e. The lowest BCUT2D eigenvalue weighted by Crippen LogP contribution is -2.41. The molecule has 3 heterocycles. The largest absolute Gasteiger partial charge is 0.489 e. The molecule has 0 aliphatic carbocycles. The van der Waals surface area contributed by atoms with Crippen molar-refractivity contribution in [2.75, 3.05) is 13.1 Å². The number of aromatic nitrogens is 2. The highest BCUT2D eigenvalue weighted by Crippen LogP contribution is 2.24. The maximum absolute atomic E-state index is 13.3. The molecule has 2 amide bonds. The Morgan fingerprint density at radius 1 is 1.32 bits per heavy atom. The fraction of sp³-hybridized carbons (Fsp3) is 0.261. The number of H-pyrrole nitrogens is 1. The van der Waals surface area contributed by atoms with Crippen LogP contribution in [0.4, 0.5) is 4.39 Å². The van der Waals surface area contributed by atoms with E-state index in [1.807, 2.05) is 0 Å². The maximum Gasteiger partial charge on any atom is 0.253 e. The normalized spacial score (nSPS) is 14.4. The minimum absolute atomic E-state index is 0.0303. The van der Waals surface area contributed by atoms with E-state index >= 15 is 0 Å². The zero-order valence-corrected chi connectivity index (χ0v) is 16.9. The maximum atomic E-state index is 13.3. The Balaban J connectivity index is 1.42. The molecule has 2 aromatic heterocycles. The van der Waals surface area contributed by atoms with E-state index in [0.29, 0.717) is 53.8 Å². The molecule has 0 bridgehead atoms. The van der Waals surface area contributed by atoms with Gasteiger partial charge in [0.1, 0.15) is 23.3 Å². The Morgan fingerprint density at radius 3 is 2.87 bits per heavy atom. The second-order valence-corrected chi connectivity index (χ2v) is 7.43. The van der Waals surface area contributed by atoms with Crippen LogP contribution in [0.15, 0.2) is 55.4 Å². The molecule has 0 radical (unpaired) electrons. The van der Waals surface area contributed by atoms with Crippen LogP contribution in [-0.4, -0.2) is 45.9 Å². The van der Waals surface area contributed by atoms with E-state index in [0.717, 1.165) is 0 Å². The number of benzene rings is 1. The third-order valence-electron chi connectivity index (χ3n) is 5.32. The molecule has 1 saturated heterocycles. The van der Waals surface area contributed by atoms with E-state index in [9.17, 15) is 14.0 Å². The molecule has 3 aromatic rings. The second-order valence-electron chi connectivity index (χ2n) is 7.43. The van der Waals surface area contributed by atoms with Crippen molar-refractivity contribution in [3.05, 3.63) is 72.3 Å². The van der Waals surface area contributed by atoms with Crippen LogP contribution in [0.5, 0.6) is 5.75 Å². The number of carbonyl (C=O) groups is 2. The van der Waals surface area contributed by atoms with Crippen LogP contribution in [-0.2, 0) is 11.3 Å².